The number of hydrazine groups is 1. The Balaban J connectivity index is 2.86. The minimum absolute atomic E-state index is 0.357. The molecule has 1 atom stereocenters. The normalized spacial score (nSPS) is 12.6. The molecule has 0 radical (unpaired) electrons. The van der Waals surface area contributed by atoms with E-state index in [1.165, 1.54) is 11.8 Å². The van der Waals surface area contributed by atoms with Crippen LogP contribution >= 0.6 is 11.8 Å². The number of nitrogens with zero attached hydrogens (tertiary/aromatic N) is 2. The largest absolute Gasteiger partial charge is 0.367 e. The van der Waals surface area contributed by atoms with Gasteiger partial charge in [-0.2, -0.15) is 0 Å². The number of nitrogens with two attached hydrogens (primary N) is 1. The highest BCUT2D eigenvalue weighted by atomic mass is 32.2. The molecule has 0 bridgehead atoms. The number of nitrogens with one attached hydrogen (secondary N) is 2. The van der Waals surface area contributed by atoms with Gasteiger partial charge in [0.15, 0.2) is 5.16 Å². The first kappa shape index (κ1) is 13.1. The number of aromatic nitrogens is 2. The third-order valence-corrected chi connectivity index (χ3v) is 2.96. The molecule has 1 aromatic rings. The van der Waals surface area contributed by atoms with Gasteiger partial charge in [-0.1, -0.05) is 25.6 Å². The Morgan fingerprint density at radius 2 is 1.88 bits per heavy atom. The van der Waals surface area contributed by atoms with E-state index in [9.17, 15) is 0 Å². The van der Waals surface area contributed by atoms with Crippen LogP contribution in [0, 0.1) is 5.92 Å². The van der Waals surface area contributed by atoms with Gasteiger partial charge in [-0.15, -0.1) is 0 Å². The lowest BCUT2D eigenvalue weighted by molar-refractivity contribution is 0.557. The molecule has 0 amide bonds. The summed E-state index contributed by atoms with van der Waals surface area (Å²) in [4.78, 5) is 8.57. The third kappa shape index (κ3) is 3.53. The van der Waals surface area contributed by atoms with Crippen molar-refractivity contribution in [2.24, 2.45) is 11.8 Å². The van der Waals surface area contributed by atoms with Crippen molar-refractivity contribution < 1.29 is 0 Å². The fourth-order valence-electron chi connectivity index (χ4n) is 1.06. The molecule has 0 aliphatic carbocycles. The van der Waals surface area contributed by atoms with Gasteiger partial charge in [0.1, 0.15) is 11.6 Å². The Labute approximate surface area is 101 Å². The first-order valence-corrected chi connectivity index (χ1v) is 6.45. The van der Waals surface area contributed by atoms with Crippen LogP contribution in [0.4, 0.5) is 11.6 Å². The molecule has 4 N–H and O–H groups in total. The number of hydrogen-bond acceptors (Lipinski definition) is 6. The molecule has 5 nitrogen and oxygen atoms in total. The molecule has 1 rings (SSSR count). The van der Waals surface area contributed by atoms with Crippen molar-refractivity contribution in [3.8, 4) is 0 Å². The van der Waals surface area contributed by atoms with Crippen LogP contribution in [-0.2, 0) is 0 Å². The fraction of sp³-hybridized carbons (Fsp3) is 0.600. The van der Waals surface area contributed by atoms with Crippen molar-refractivity contribution in [1.82, 2.24) is 9.97 Å². The van der Waals surface area contributed by atoms with Crippen LogP contribution in [-0.4, -0.2) is 22.3 Å². The zero-order valence-electron chi connectivity index (χ0n) is 10.1. The quantitative estimate of drug-likeness (QED) is 0.316. The maximum absolute atomic E-state index is 5.36. The first-order chi connectivity index (χ1) is 7.56. The van der Waals surface area contributed by atoms with Crippen LogP contribution in [0.2, 0.25) is 0 Å². The molecular formula is C10H19N5S. The molecule has 0 saturated heterocycles. The zero-order chi connectivity index (χ0) is 12.1. The Morgan fingerprint density at radius 3 is 2.38 bits per heavy atom. The lowest BCUT2D eigenvalue weighted by atomic mass is 10.1. The first-order valence-electron chi connectivity index (χ1n) is 5.23. The van der Waals surface area contributed by atoms with Crippen molar-refractivity contribution in [3.05, 3.63) is 6.07 Å². The minimum atomic E-state index is 0.357. The highest BCUT2D eigenvalue weighted by Gasteiger charge is 2.09. The molecule has 0 aromatic carbocycles. The topological polar surface area (TPSA) is 75.9 Å². The summed E-state index contributed by atoms with van der Waals surface area (Å²) >= 11 is 1.49. The smallest absolute Gasteiger partial charge is 0.191 e. The highest BCUT2D eigenvalue weighted by molar-refractivity contribution is 7.98. The van der Waals surface area contributed by atoms with E-state index in [1.54, 1.807) is 6.07 Å². The van der Waals surface area contributed by atoms with Crippen molar-refractivity contribution in [2.75, 3.05) is 17.0 Å². The lowest BCUT2D eigenvalue weighted by Crippen LogP contribution is -2.22. The Hall–Kier alpha value is -1.01. The Kier molecular flexibility index (Phi) is 4.82. The standard InChI is InChI=1S/C10H19N5S/c1-6(2)7(3)12-8-5-9(15-11)14-10(13-8)16-4/h5-7H,11H2,1-4H3,(H2,12,13,14,15). The fourth-order valence-corrected chi connectivity index (χ4v) is 1.44. The van der Waals surface area contributed by atoms with E-state index in [0.717, 1.165) is 5.82 Å². The molecule has 1 unspecified atom stereocenters. The predicted molar refractivity (Wildman–Crippen MR) is 69.5 cm³/mol. The van der Waals surface area contributed by atoms with Gasteiger partial charge in [-0.25, -0.2) is 15.8 Å². The number of rotatable bonds is 5. The molecule has 6 heteroatoms. The minimum Gasteiger partial charge on any atom is -0.367 e. The maximum Gasteiger partial charge on any atom is 0.191 e. The van der Waals surface area contributed by atoms with E-state index in [2.05, 4.69) is 41.5 Å². The van der Waals surface area contributed by atoms with Crippen LogP contribution in [0.25, 0.3) is 0 Å². The molecule has 0 aliphatic heterocycles. The molecule has 0 saturated carbocycles. The zero-order valence-corrected chi connectivity index (χ0v) is 10.9. The second kappa shape index (κ2) is 5.91. The summed E-state index contributed by atoms with van der Waals surface area (Å²) in [7, 11) is 0. The van der Waals surface area contributed by atoms with E-state index in [0.29, 0.717) is 22.9 Å². The van der Waals surface area contributed by atoms with E-state index in [1.807, 2.05) is 6.26 Å². The maximum atomic E-state index is 5.36. The molecule has 0 aliphatic rings. The van der Waals surface area contributed by atoms with Gasteiger partial charge < -0.3 is 10.7 Å². The van der Waals surface area contributed by atoms with Crippen LogP contribution in [0.15, 0.2) is 11.2 Å². The van der Waals surface area contributed by atoms with Gasteiger partial charge in [0.2, 0.25) is 0 Å². The third-order valence-electron chi connectivity index (χ3n) is 2.41. The number of hydrogen-bond donors (Lipinski definition) is 3. The second-order valence-corrected chi connectivity index (χ2v) is 4.72. The average molecular weight is 241 g/mol. The summed E-state index contributed by atoms with van der Waals surface area (Å²) in [5.74, 6) is 7.32. The van der Waals surface area contributed by atoms with E-state index < -0.39 is 0 Å². The Bertz CT molecular complexity index is 320. The van der Waals surface area contributed by atoms with E-state index in [4.69, 9.17) is 5.84 Å². The molecule has 0 fully saturated rings. The van der Waals surface area contributed by atoms with Gasteiger partial charge in [-0.3, -0.25) is 0 Å². The number of nitrogen functional groups attached to an aromatic ring is 1. The number of anilines is 2. The molecule has 0 spiro atoms. The van der Waals surface area contributed by atoms with Crippen LogP contribution in [0.3, 0.4) is 0 Å². The highest BCUT2D eigenvalue weighted by Crippen LogP contribution is 2.18. The van der Waals surface area contributed by atoms with E-state index >= 15 is 0 Å². The van der Waals surface area contributed by atoms with Crippen LogP contribution in [0.1, 0.15) is 20.8 Å². The molecular weight excluding hydrogens is 222 g/mol. The van der Waals surface area contributed by atoms with Crippen molar-refractivity contribution in [1.29, 1.82) is 0 Å². The molecule has 1 heterocycles. The summed E-state index contributed by atoms with van der Waals surface area (Å²) in [6.07, 6.45) is 1.94. The molecule has 1 aromatic heterocycles. The summed E-state index contributed by atoms with van der Waals surface area (Å²) in [5, 5.41) is 4.03. The van der Waals surface area contributed by atoms with Gasteiger partial charge in [0, 0.05) is 12.1 Å². The predicted octanol–water partition coefficient (Wildman–Crippen LogP) is 1.94. The summed E-state index contributed by atoms with van der Waals surface area (Å²) in [6.45, 7) is 6.45. The van der Waals surface area contributed by atoms with Crippen LogP contribution in [0.5, 0.6) is 0 Å². The van der Waals surface area contributed by atoms with Gasteiger partial charge in [0.25, 0.3) is 0 Å². The van der Waals surface area contributed by atoms with Gasteiger partial charge >= 0.3 is 0 Å². The monoisotopic (exact) mass is 241 g/mol. The second-order valence-electron chi connectivity index (χ2n) is 3.95. The van der Waals surface area contributed by atoms with Crippen molar-refractivity contribution in [2.45, 2.75) is 32.0 Å². The van der Waals surface area contributed by atoms with Gasteiger partial charge in [0.05, 0.1) is 0 Å². The Morgan fingerprint density at radius 1 is 1.25 bits per heavy atom. The molecule has 90 valence electrons. The average Bonchev–Trinajstić information content (AvgIpc) is 2.28. The van der Waals surface area contributed by atoms with E-state index in [-0.39, 0.29) is 0 Å². The summed E-state index contributed by atoms with van der Waals surface area (Å²) in [5.41, 5.74) is 2.54. The molecule has 16 heavy (non-hydrogen) atoms. The number of thioether (sulfide) groups is 1. The van der Waals surface area contributed by atoms with Crippen molar-refractivity contribution >= 4 is 23.4 Å². The lowest BCUT2D eigenvalue weighted by Gasteiger charge is -2.18. The SMILES string of the molecule is CSc1nc(NN)cc(NC(C)C(C)C)n1. The van der Waals surface area contributed by atoms with Crippen molar-refractivity contribution in [3.63, 3.8) is 0 Å². The van der Waals surface area contributed by atoms with Crippen LogP contribution < -0.4 is 16.6 Å². The summed E-state index contributed by atoms with van der Waals surface area (Å²) in [6, 6.07) is 2.16. The van der Waals surface area contributed by atoms with Gasteiger partial charge in [-0.05, 0) is 19.1 Å². The summed E-state index contributed by atoms with van der Waals surface area (Å²) < 4.78 is 0.